The van der Waals surface area contributed by atoms with Gasteiger partial charge in [0.25, 0.3) is 5.56 Å². The number of nitrogens with zero attached hydrogens (tertiary/aromatic N) is 2. The molecular weight excluding hydrogens is 486 g/mol. The zero-order valence-electron chi connectivity index (χ0n) is 20.8. The summed E-state index contributed by atoms with van der Waals surface area (Å²) in [7, 11) is 1.24. The minimum Gasteiger partial charge on any atom is -0.465 e. The van der Waals surface area contributed by atoms with Crippen LogP contribution in [0.15, 0.2) is 89.7 Å². The van der Waals surface area contributed by atoms with Crippen molar-refractivity contribution in [3.8, 4) is 22.4 Å². The molecule has 192 valence electrons. The minimum absolute atomic E-state index is 0.0558. The third-order valence-corrected chi connectivity index (χ3v) is 5.64. The van der Waals surface area contributed by atoms with Crippen LogP contribution in [-0.4, -0.2) is 41.3 Å². The first-order valence-electron chi connectivity index (χ1n) is 11.8. The number of aromatic nitrogens is 2. The van der Waals surface area contributed by atoms with Crippen molar-refractivity contribution in [3.63, 3.8) is 0 Å². The maximum atomic E-state index is 13.6. The van der Waals surface area contributed by atoms with Crippen LogP contribution in [0.5, 0.6) is 0 Å². The number of hydrogen-bond acceptors (Lipinski definition) is 7. The van der Waals surface area contributed by atoms with Gasteiger partial charge in [-0.15, -0.1) is 0 Å². The number of hydrogen-bond donors (Lipinski definition) is 1. The molecule has 4 rings (SSSR count). The minimum atomic E-state index is -0.818. The fraction of sp³-hybridized carbons (Fsp3) is 0.138. The summed E-state index contributed by atoms with van der Waals surface area (Å²) in [6, 6.07) is 24.3. The number of esters is 2. The predicted octanol–water partition coefficient (Wildman–Crippen LogP) is 4.18. The summed E-state index contributed by atoms with van der Waals surface area (Å²) in [5.74, 6) is -2.07. The van der Waals surface area contributed by atoms with Crippen molar-refractivity contribution in [2.24, 2.45) is 0 Å². The second-order valence-corrected chi connectivity index (χ2v) is 8.10. The Bertz CT molecular complexity index is 1530. The van der Waals surface area contributed by atoms with Crippen molar-refractivity contribution < 1.29 is 23.9 Å². The van der Waals surface area contributed by atoms with E-state index < -0.39 is 29.9 Å². The summed E-state index contributed by atoms with van der Waals surface area (Å²) in [5, 5.41) is 7.15. The van der Waals surface area contributed by atoms with Gasteiger partial charge < -0.3 is 14.8 Å². The van der Waals surface area contributed by atoms with Gasteiger partial charge in [0, 0.05) is 11.1 Å². The van der Waals surface area contributed by atoms with Crippen molar-refractivity contribution in [1.82, 2.24) is 9.78 Å². The Balaban J connectivity index is 1.85. The van der Waals surface area contributed by atoms with Crippen molar-refractivity contribution in [1.29, 1.82) is 0 Å². The number of para-hydroxylation sites is 1. The molecule has 9 heteroatoms. The number of nitrogens with one attached hydrogen (secondary N) is 1. The summed E-state index contributed by atoms with van der Waals surface area (Å²) in [6.45, 7) is 1.18. The van der Waals surface area contributed by atoms with Gasteiger partial charge in [-0.05, 0) is 24.6 Å². The van der Waals surface area contributed by atoms with E-state index in [-0.39, 0.29) is 23.4 Å². The maximum absolute atomic E-state index is 13.6. The number of ether oxygens (including phenoxy) is 2. The van der Waals surface area contributed by atoms with Crippen molar-refractivity contribution in [2.75, 3.05) is 19.0 Å². The Morgan fingerprint density at radius 2 is 1.45 bits per heavy atom. The topological polar surface area (TPSA) is 117 Å². The lowest BCUT2D eigenvalue weighted by Gasteiger charge is -2.17. The molecule has 1 N–H and O–H groups in total. The average Bonchev–Trinajstić information content (AvgIpc) is 2.94. The first-order chi connectivity index (χ1) is 18.4. The van der Waals surface area contributed by atoms with E-state index in [4.69, 9.17) is 9.47 Å². The molecule has 1 aromatic heterocycles. The molecule has 0 spiro atoms. The van der Waals surface area contributed by atoms with Crippen LogP contribution in [0.1, 0.15) is 27.6 Å². The molecule has 0 aliphatic rings. The zero-order chi connectivity index (χ0) is 27.1. The molecule has 0 unspecified atom stereocenters. The van der Waals surface area contributed by atoms with Crippen LogP contribution in [0.2, 0.25) is 0 Å². The first kappa shape index (κ1) is 26.0. The Labute approximate surface area is 218 Å². The molecule has 4 aromatic rings. The quantitative estimate of drug-likeness (QED) is 0.353. The molecule has 3 aromatic carbocycles. The van der Waals surface area contributed by atoms with Crippen LogP contribution in [0.3, 0.4) is 0 Å². The molecule has 38 heavy (non-hydrogen) atoms. The molecule has 0 fully saturated rings. The molecule has 9 nitrogen and oxygen atoms in total. The van der Waals surface area contributed by atoms with Crippen LogP contribution in [0, 0.1) is 0 Å². The van der Waals surface area contributed by atoms with Gasteiger partial charge in [-0.3, -0.25) is 9.59 Å². The normalized spacial score (nSPS) is 10.5. The van der Waals surface area contributed by atoms with E-state index in [1.165, 1.54) is 19.2 Å². The molecule has 0 radical (unpaired) electrons. The highest BCUT2D eigenvalue weighted by Gasteiger charge is 2.27. The number of amides is 1. The highest BCUT2D eigenvalue weighted by Crippen LogP contribution is 2.32. The van der Waals surface area contributed by atoms with E-state index >= 15 is 0 Å². The molecule has 0 atom stereocenters. The standard InChI is InChI=1S/C29H25N3O6/c1-3-38-29(36)25-24(19-12-6-4-7-13-19)26(20-14-8-5-9-15-20)31-32(27(25)34)18-23(33)30-22-17-11-10-16-21(22)28(35)37-2/h4-17H,3,18H2,1-2H3,(H,30,33). The number of methoxy groups -OCH3 is 1. The van der Waals surface area contributed by atoms with Gasteiger partial charge in [0.2, 0.25) is 5.91 Å². The molecule has 1 heterocycles. The van der Waals surface area contributed by atoms with Crippen molar-refractivity contribution in [2.45, 2.75) is 13.5 Å². The van der Waals surface area contributed by atoms with Crippen molar-refractivity contribution >= 4 is 23.5 Å². The lowest BCUT2D eigenvalue weighted by atomic mass is 9.95. The van der Waals surface area contributed by atoms with Gasteiger partial charge in [-0.2, -0.15) is 5.10 Å². The fourth-order valence-electron chi connectivity index (χ4n) is 3.96. The highest BCUT2D eigenvalue weighted by atomic mass is 16.5. The second kappa shape index (κ2) is 11.8. The number of carbonyl (C=O) groups excluding carboxylic acids is 3. The zero-order valence-corrected chi connectivity index (χ0v) is 20.8. The first-order valence-corrected chi connectivity index (χ1v) is 11.8. The number of benzene rings is 3. The molecule has 0 aliphatic carbocycles. The van der Waals surface area contributed by atoms with E-state index in [1.54, 1.807) is 55.5 Å². The molecule has 1 amide bonds. The smallest absolute Gasteiger partial charge is 0.344 e. The summed E-state index contributed by atoms with van der Waals surface area (Å²) in [4.78, 5) is 51.8. The Kier molecular flexibility index (Phi) is 8.07. The number of anilines is 1. The van der Waals surface area contributed by atoms with Gasteiger partial charge in [0.15, 0.2) is 0 Å². The van der Waals surface area contributed by atoms with Crippen LogP contribution < -0.4 is 10.9 Å². The average molecular weight is 512 g/mol. The Morgan fingerprint density at radius 1 is 0.842 bits per heavy atom. The van der Waals surface area contributed by atoms with Crippen LogP contribution >= 0.6 is 0 Å². The predicted molar refractivity (Wildman–Crippen MR) is 142 cm³/mol. The van der Waals surface area contributed by atoms with Gasteiger partial charge in [0.05, 0.1) is 30.7 Å². The maximum Gasteiger partial charge on any atom is 0.344 e. The van der Waals surface area contributed by atoms with E-state index in [1.807, 2.05) is 24.3 Å². The Morgan fingerprint density at radius 3 is 2.08 bits per heavy atom. The summed E-state index contributed by atoms with van der Waals surface area (Å²) in [5.41, 5.74) is 1.25. The number of rotatable bonds is 8. The van der Waals surface area contributed by atoms with Crippen LogP contribution in [-0.2, 0) is 20.8 Å². The fourth-order valence-corrected chi connectivity index (χ4v) is 3.96. The SMILES string of the molecule is CCOC(=O)c1c(-c2ccccc2)c(-c2ccccc2)nn(CC(=O)Nc2ccccc2C(=O)OC)c1=O. The van der Waals surface area contributed by atoms with Crippen molar-refractivity contribution in [3.05, 3.63) is 106 Å². The molecule has 0 bridgehead atoms. The summed E-state index contributed by atoms with van der Waals surface area (Å²) < 4.78 is 10.9. The van der Waals surface area contributed by atoms with E-state index in [2.05, 4.69) is 10.4 Å². The summed E-state index contributed by atoms with van der Waals surface area (Å²) in [6.07, 6.45) is 0. The summed E-state index contributed by atoms with van der Waals surface area (Å²) >= 11 is 0. The van der Waals surface area contributed by atoms with E-state index in [9.17, 15) is 19.2 Å². The third kappa shape index (κ3) is 5.52. The van der Waals surface area contributed by atoms with Gasteiger partial charge in [-0.25, -0.2) is 14.3 Å². The second-order valence-electron chi connectivity index (χ2n) is 8.10. The van der Waals surface area contributed by atoms with Crippen LogP contribution in [0.25, 0.3) is 22.4 Å². The van der Waals surface area contributed by atoms with Gasteiger partial charge in [-0.1, -0.05) is 72.8 Å². The van der Waals surface area contributed by atoms with E-state index in [0.717, 1.165) is 4.68 Å². The third-order valence-electron chi connectivity index (χ3n) is 5.64. The van der Waals surface area contributed by atoms with E-state index in [0.29, 0.717) is 22.4 Å². The molecule has 0 saturated heterocycles. The Hall–Kier alpha value is -5.05. The molecule has 0 saturated carbocycles. The highest BCUT2D eigenvalue weighted by molar-refractivity contribution is 6.02. The molecular formula is C29H25N3O6. The van der Waals surface area contributed by atoms with Crippen LogP contribution in [0.4, 0.5) is 5.69 Å². The van der Waals surface area contributed by atoms with Gasteiger partial charge in [0.1, 0.15) is 12.1 Å². The lowest BCUT2D eigenvalue weighted by molar-refractivity contribution is -0.117. The largest absolute Gasteiger partial charge is 0.465 e. The molecule has 0 aliphatic heterocycles. The lowest BCUT2D eigenvalue weighted by Crippen LogP contribution is -2.35. The number of carbonyl (C=O) groups is 3. The monoisotopic (exact) mass is 511 g/mol. The van der Waals surface area contributed by atoms with Gasteiger partial charge >= 0.3 is 11.9 Å².